The van der Waals surface area contributed by atoms with Crippen LogP contribution in [0.5, 0.6) is 0 Å². The van der Waals surface area contributed by atoms with E-state index in [1.165, 1.54) is 0 Å². The molecule has 0 fully saturated rings. The van der Waals surface area contributed by atoms with Gasteiger partial charge in [0.15, 0.2) is 0 Å². The molecule has 3 rings (SSSR count). The van der Waals surface area contributed by atoms with Gasteiger partial charge in [-0.25, -0.2) is 18.1 Å². The van der Waals surface area contributed by atoms with Crippen LogP contribution in [0, 0.1) is 0 Å². The second kappa shape index (κ2) is 8.77. The Morgan fingerprint density at radius 1 is 1.00 bits per heavy atom. The second-order valence-corrected chi connectivity index (χ2v) is 9.07. The number of benzene rings is 2. The van der Waals surface area contributed by atoms with Crippen LogP contribution in [0.1, 0.15) is 11.3 Å². The molecule has 0 bridgehead atoms. The van der Waals surface area contributed by atoms with Crippen molar-refractivity contribution in [2.75, 3.05) is 12.3 Å². The van der Waals surface area contributed by atoms with Crippen LogP contribution in [0.2, 0.25) is 5.02 Å². The van der Waals surface area contributed by atoms with E-state index >= 15 is 0 Å². The topological polar surface area (TPSA) is 59.1 Å². The number of halogens is 1. The van der Waals surface area contributed by atoms with Gasteiger partial charge in [-0.1, -0.05) is 54.1 Å². The minimum atomic E-state index is -3.29. The third kappa shape index (κ3) is 5.64. The van der Waals surface area contributed by atoms with Gasteiger partial charge in [0, 0.05) is 28.9 Å². The molecule has 1 aromatic heterocycles. The summed E-state index contributed by atoms with van der Waals surface area (Å²) < 4.78 is 26.9. The van der Waals surface area contributed by atoms with Crippen LogP contribution in [-0.4, -0.2) is 25.7 Å². The van der Waals surface area contributed by atoms with E-state index in [0.717, 1.165) is 21.8 Å². The van der Waals surface area contributed by atoms with Crippen LogP contribution in [0.25, 0.3) is 10.6 Å². The van der Waals surface area contributed by atoms with E-state index < -0.39 is 10.0 Å². The smallest absolute Gasteiger partial charge is 0.211 e. The SMILES string of the molecule is O=S(=O)(CCc1ccccc1)NCCc1csc(-c2ccc(Cl)cc2)n1. The zero-order chi connectivity index (χ0) is 18.4. The average molecular weight is 407 g/mol. The molecule has 0 radical (unpaired) electrons. The molecule has 0 saturated heterocycles. The van der Waals surface area contributed by atoms with Crippen molar-refractivity contribution < 1.29 is 8.42 Å². The number of hydrogen-bond donors (Lipinski definition) is 1. The molecular weight excluding hydrogens is 388 g/mol. The van der Waals surface area contributed by atoms with Crippen LogP contribution in [-0.2, 0) is 22.9 Å². The predicted molar refractivity (Wildman–Crippen MR) is 108 cm³/mol. The van der Waals surface area contributed by atoms with E-state index in [1.807, 2.05) is 60.0 Å². The van der Waals surface area contributed by atoms with Gasteiger partial charge in [0.05, 0.1) is 11.4 Å². The standard InChI is InChI=1S/C19H19ClN2O2S2/c20-17-8-6-16(7-9-17)19-22-18(14-25-19)10-12-21-26(23,24)13-11-15-4-2-1-3-5-15/h1-9,14,21H,10-13H2. The number of aromatic nitrogens is 1. The molecule has 0 aliphatic rings. The molecule has 0 aliphatic carbocycles. The molecule has 2 aromatic carbocycles. The van der Waals surface area contributed by atoms with Gasteiger partial charge in [-0.3, -0.25) is 0 Å². The van der Waals surface area contributed by atoms with Crippen molar-refractivity contribution in [1.82, 2.24) is 9.71 Å². The van der Waals surface area contributed by atoms with Crippen molar-refractivity contribution in [3.63, 3.8) is 0 Å². The fraction of sp³-hybridized carbons (Fsp3) is 0.211. The molecule has 136 valence electrons. The molecule has 1 heterocycles. The molecule has 0 saturated carbocycles. The first-order valence-corrected chi connectivity index (χ1v) is 11.1. The van der Waals surface area contributed by atoms with Gasteiger partial charge in [0.25, 0.3) is 0 Å². The lowest BCUT2D eigenvalue weighted by molar-refractivity contribution is 0.580. The molecule has 0 amide bonds. The summed E-state index contributed by atoms with van der Waals surface area (Å²) in [6, 6.07) is 17.1. The maximum absolute atomic E-state index is 12.1. The first-order valence-electron chi connectivity index (χ1n) is 8.23. The van der Waals surface area contributed by atoms with Crippen LogP contribution in [0.15, 0.2) is 60.0 Å². The van der Waals surface area contributed by atoms with Crippen molar-refractivity contribution in [2.45, 2.75) is 12.8 Å². The van der Waals surface area contributed by atoms with Crippen molar-refractivity contribution in [2.24, 2.45) is 0 Å². The monoisotopic (exact) mass is 406 g/mol. The number of sulfonamides is 1. The minimum Gasteiger partial charge on any atom is -0.241 e. The second-order valence-electron chi connectivity index (χ2n) is 5.85. The first-order chi connectivity index (χ1) is 12.5. The molecule has 0 atom stereocenters. The number of thiazole rings is 1. The lowest BCUT2D eigenvalue weighted by Crippen LogP contribution is -2.29. The van der Waals surface area contributed by atoms with Gasteiger partial charge in [-0.2, -0.15) is 0 Å². The molecule has 0 spiro atoms. The minimum absolute atomic E-state index is 0.0874. The van der Waals surface area contributed by atoms with E-state index in [2.05, 4.69) is 9.71 Å². The predicted octanol–water partition coefficient (Wildman–Crippen LogP) is 4.17. The highest BCUT2D eigenvalue weighted by atomic mass is 35.5. The van der Waals surface area contributed by atoms with Gasteiger partial charge < -0.3 is 0 Å². The van der Waals surface area contributed by atoms with Crippen molar-refractivity contribution in [3.05, 3.63) is 76.3 Å². The molecule has 26 heavy (non-hydrogen) atoms. The Balaban J connectivity index is 1.49. The fourth-order valence-electron chi connectivity index (χ4n) is 2.45. The average Bonchev–Trinajstić information content (AvgIpc) is 3.10. The number of nitrogens with zero attached hydrogens (tertiary/aromatic N) is 1. The van der Waals surface area contributed by atoms with Crippen LogP contribution in [0.3, 0.4) is 0 Å². The largest absolute Gasteiger partial charge is 0.241 e. The highest BCUT2D eigenvalue weighted by Crippen LogP contribution is 2.25. The van der Waals surface area contributed by atoms with Gasteiger partial charge in [0.1, 0.15) is 5.01 Å². The van der Waals surface area contributed by atoms with E-state index in [4.69, 9.17) is 11.6 Å². The number of rotatable bonds is 8. The van der Waals surface area contributed by atoms with E-state index in [0.29, 0.717) is 24.4 Å². The molecule has 4 nitrogen and oxygen atoms in total. The molecular formula is C19H19ClN2O2S2. The van der Waals surface area contributed by atoms with Crippen LogP contribution in [0.4, 0.5) is 0 Å². The van der Waals surface area contributed by atoms with Gasteiger partial charge >= 0.3 is 0 Å². The molecule has 3 aromatic rings. The Morgan fingerprint density at radius 3 is 2.46 bits per heavy atom. The summed E-state index contributed by atoms with van der Waals surface area (Å²) in [6.45, 7) is 0.348. The molecule has 7 heteroatoms. The third-order valence-electron chi connectivity index (χ3n) is 3.85. The fourth-order valence-corrected chi connectivity index (χ4v) is 4.50. The van der Waals surface area contributed by atoms with Crippen molar-refractivity contribution in [1.29, 1.82) is 0 Å². The highest BCUT2D eigenvalue weighted by Gasteiger charge is 2.11. The number of nitrogens with one attached hydrogen (secondary N) is 1. The zero-order valence-electron chi connectivity index (χ0n) is 14.1. The lowest BCUT2D eigenvalue weighted by atomic mass is 10.2. The van der Waals surface area contributed by atoms with Crippen molar-refractivity contribution in [3.8, 4) is 10.6 Å². The zero-order valence-corrected chi connectivity index (χ0v) is 16.4. The van der Waals surface area contributed by atoms with E-state index in [1.54, 1.807) is 11.3 Å². The van der Waals surface area contributed by atoms with E-state index in [-0.39, 0.29) is 5.75 Å². The Kier molecular flexibility index (Phi) is 6.43. The molecule has 0 aliphatic heterocycles. The van der Waals surface area contributed by atoms with Gasteiger partial charge in [-0.15, -0.1) is 11.3 Å². The lowest BCUT2D eigenvalue weighted by Gasteiger charge is -2.06. The number of hydrogen-bond acceptors (Lipinski definition) is 4. The normalized spacial score (nSPS) is 11.6. The van der Waals surface area contributed by atoms with Gasteiger partial charge in [-0.05, 0) is 24.1 Å². The Bertz CT molecular complexity index is 939. The van der Waals surface area contributed by atoms with Crippen LogP contribution < -0.4 is 4.72 Å². The van der Waals surface area contributed by atoms with E-state index in [9.17, 15) is 8.42 Å². The molecule has 0 unspecified atom stereocenters. The summed E-state index contributed by atoms with van der Waals surface area (Å²) in [5.74, 6) is 0.0874. The van der Waals surface area contributed by atoms with Gasteiger partial charge in [0.2, 0.25) is 10.0 Å². The summed E-state index contributed by atoms with van der Waals surface area (Å²) >= 11 is 7.44. The summed E-state index contributed by atoms with van der Waals surface area (Å²) in [7, 11) is -3.29. The molecule has 1 N–H and O–H groups in total. The third-order valence-corrected chi connectivity index (χ3v) is 6.43. The maximum Gasteiger partial charge on any atom is 0.211 e. The maximum atomic E-state index is 12.1. The summed E-state index contributed by atoms with van der Waals surface area (Å²) in [5.41, 5.74) is 2.91. The van der Waals surface area contributed by atoms with Crippen molar-refractivity contribution >= 4 is 33.0 Å². The quantitative estimate of drug-likeness (QED) is 0.610. The Morgan fingerprint density at radius 2 is 1.73 bits per heavy atom. The first kappa shape index (κ1) is 19.0. The summed E-state index contributed by atoms with van der Waals surface area (Å²) in [6.07, 6.45) is 1.07. The summed E-state index contributed by atoms with van der Waals surface area (Å²) in [4.78, 5) is 4.56. The Hall–Kier alpha value is -1.73. The van der Waals surface area contributed by atoms with Crippen LogP contribution >= 0.6 is 22.9 Å². The number of aryl methyl sites for hydroxylation is 1. The summed E-state index contributed by atoms with van der Waals surface area (Å²) in [5, 5.41) is 3.56. The Labute approximate surface area is 162 Å². The highest BCUT2D eigenvalue weighted by molar-refractivity contribution is 7.89.